The number of nitrogens with zero attached hydrogens (tertiary/aromatic N) is 4. The van der Waals surface area contributed by atoms with Gasteiger partial charge in [-0.1, -0.05) is 11.6 Å². The summed E-state index contributed by atoms with van der Waals surface area (Å²) in [4.78, 5) is 23.3. The third-order valence-electron chi connectivity index (χ3n) is 3.95. The Kier molecular flexibility index (Phi) is 4.80. The number of anilines is 1. The Morgan fingerprint density at radius 3 is 2.32 bits per heavy atom. The minimum atomic E-state index is -4.47. The molecular weight excluding hydrogens is 357 g/mol. The predicted octanol–water partition coefficient (Wildman–Crippen LogP) is 3.11. The Morgan fingerprint density at radius 2 is 1.68 bits per heavy atom. The zero-order valence-corrected chi connectivity index (χ0v) is 13.8. The fraction of sp³-hybridized carbons (Fsp3) is 0.312. The lowest BCUT2D eigenvalue weighted by Gasteiger charge is -2.36. The Bertz CT molecular complexity index is 776. The number of hydrogen-bond acceptors (Lipinski definition) is 4. The summed E-state index contributed by atoms with van der Waals surface area (Å²) in [6, 6.07) is 5.45. The molecule has 0 aromatic carbocycles. The van der Waals surface area contributed by atoms with Gasteiger partial charge < -0.3 is 9.80 Å². The van der Waals surface area contributed by atoms with E-state index in [4.69, 9.17) is 11.6 Å². The van der Waals surface area contributed by atoms with Gasteiger partial charge in [0.2, 0.25) is 0 Å². The van der Waals surface area contributed by atoms with Crippen LogP contribution in [-0.2, 0) is 6.18 Å². The van der Waals surface area contributed by atoms with Crippen molar-refractivity contribution < 1.29 is 18.0 Å². The average Bonchev–Trinajstić information content (AvgIpc) is 2.61. The first-order chi connectivity index (χ1) is 11.9. The molecule has 0 N–H and O–H groups in total. The smallest absolute Gasteiger partial charge is 0.353 e. The van der Waals surface area contributed by atoms with Crippen LogP contribution in [0, 0.1) is 0 Å². The van der Waals surface area contributed by atoms with E-state index in [0.29, 0.717) is 0 Å². The van der Waals surface area contributed by atoms with Crippen LogP contribution in [0.3, 0.4) is 0 Å². The highest BCUT2D eigenvalue weighted by atomic mass is 35.5. The quantitative estimate of drug-likeness (QED) is 0.762. The topological polar surface area (TPSA) is 49.3 Å². The third kappa shape index (κ3) is 3.68. The number of alkyl halides is 3. The Hall–Kier alpha value is -2.35. The Balaban J connectivity index is 1.73. The fourth-order valence-corrected chi connectivity index (χ4v) is 2.91. The average molecular weight is 371 g/mol. The molecule has 3 heterocycles. The van der Waals surface area contributed by atoms with E-state index in [1.165, 1.54) is 23.4 Å². The van der Waals surface area contributed by atoms with Gasteiger partial charge in [0.15, 0.2) is 0 Å². The number of aromatic nitrogens is 2. The standard InChI is InChI=1S/C16H14ClF3N4O/c17-13-11(3-1-5-21-13)15(25)24-9-7-23(8-10-24)14-12(16(18,19)20)4-2-6-22-14/h1-6H,7-10H2. The van der Waals surface area contributed by atoms with Gasteiger partial charge in [0.1, 0.15) is 11.0 Å². The second kappa shape index (κ2) is 6.87. The molecule has 0 bridgehead atoms. The molecule has 25 heavy (non-hydrogen) atoms. The maximum absolute atomic E-state index is 13.1. The first-order valence-corrected chi connectivity index (χ1v) is 7.92. The number of hydrogen-bond donors (Lipinski definition) is 0. The first kappa shape index (κ1) is 17.5. The Morgan fingerprint density at radius 1 is 1.04 bits per heavy atom. The molecule has 0 spiro atoms. The van der Waals surface area contributed by atoms with Gasteiger partial charge in [-0.25, -0.2) is 9.97 Å². The number of amides is 1. The van der Waals surface area contributed by atoms with E-state index >= 15 is 0 Å². The molecule has 0 atom stereocenters. The van der Waals surface area contributed by atoms with Crippen molar-refractivity contribution in [2.24, 2.45) is 0 Å². The number of piperazine rings is 1. The third-order valence-corrected chi connectivity index (χ3v) is 4.25. The van der Waals surface area contributed by atoms with Gasteiger partial charge in [-0.05, 0) is 24.3 Å². The molecule has 0 aliphatic carbocycles. The summed E-state index contributed by atoms with van der Waals surface area (Å²) in [5.74, 6) is -0.392. The molecule has 5 nitrogen and oxygen atoms in total. The lowest BCUT2D eigenvalue weighted by Crippen LogP contribution is -2.49. The number of carbonyl (C=O) groups excluding carboxylic acids is 1. The number of halogens is 4. The van der Waals surface area contributed by atoms with Crippen molar-refractivity contribution in [3.63, 3.8) is 0 Å². The molecule has 0 unspecified atom stereocenters. The van der Waals surface area contributed by atoms with Crippen molar-refractivity contribution in [3.05, 3.63) is 52.9 Å². The van der Waals surface area contributed by atoms with Crippen LogP contribution in [0.4, 0.5) is 19.0 Å². The molecular formula is C16H14ClF3N4O. The second-order valence-electron chi connectivity index (χ2n) is 5.49. The number of rotatable bonds is 2. The van der Waals surface area contributed by atoms with Gasteiger partial charge in [0.05, 0.1) is 11.1 Å². The maximum Gasteiger partial charge on any atom is 0.419 e. The van der Waals surface area contributed by atoms with Gasteiger partial charge >= 0.3 is 6.18 Å². The molecule has 1 fully saturated rings. The van der Waals surface area contributed by atoms with Crippen LogP contribution in [0.5, 0.6) is 0 Å². The SMILES string of the molecule is O=C(c1cccnc1Cl)N1CCN(c2ncccc2C(F)(F)F)CC1. The van der Waals surface area contributed by atoms with Crippen LogP contribution < -0.4 is 4.90 Å². The van der Waals surface area contributed by atoms with Crippen molar-refractivity contribution in [1.29, 1.82) is 0 Å². The van der Waals surface area contributed by atoms with E-state index in [-0.39, 0.29) is 48.6 Å². The molecule has 132 valence electrons. The maximum atomic E-state index is 13.1. The van der Waals surface area contributed by atoms with Gasteiger partial charge in [0.25, 0.3) is 5.91 Å². The van der Waals surface area contributed by atoms with Crippen molar-refractivity contribution >= 4 is 23.3 Å². The van der Waals surface area contributed by atoms with E-state index in [1.54, 1.807) is 17.0 Å². The van der Waals surface area contributed by atoms with Crippen molar-refractivity contribution in [2.75, 3.05) is 31.1 Å². The van der Waals surface area contributed by atoms with Crippen molar-refractivity contribution in [1.82, 2.24) is 14.9 Å². The van der Waals surface area contributed by atoms with Gasteiger partial charge in [-0.3, -0.25) is 4.79 Å². The summed E-state index contributed by atoms with van der Waals surface area (Å²) in [6.45, 7) is 1.06. The number of pyridine rings is 2. The summed E-state index contributed by atoms with van der Waals surface area (Å²) in [6.07, 6.45) is -1.66. The predicted molar refractivity (Wildman–Crippen MR) is 86.6 cm³/mol. The van der Waals surface area contributed by atoms with Crippen LogP contribution in [0.2, 0.25) is 5.15 Å². The van der Waals surface area contributed by atoms with E-state index in [1.807, 2.05) is 0 Å². The molecule has 1 aliphatic rings. The highest BCUT2D eigenvalue weighted by Crippen LogP contribution is 2.35. The van der Waals surface area contributed by atoms with Crippen LogP contribution >= 0.6 is 11.6 Å². The molecule has 1 aliphatic heterocycles. The Labute approximate surface area is 147 Å². The molecule has 0 saturated carbocycles. The minimum absolute atomic E-state index is 0.110. The monoisotopic (exact) mass is 370 g/mol. The fourth-order valence-electron chi connectivity index (χ4n) is 2.71. The normalized spacial score (nSPS) is 15.4. The molecule has 0 radical (unpaired) electrons. The van der Waals surface area contributed by atoms with E-state index in [9.17, 15) is 18.0 Å². The van der Waals surface area contributed by atoms with Gasteiger partial charge in [0, 0.05) is 38.6 Å². The summed E-state index contributed by atoms with van der Waals surface area (Å²) in [7, 11) is 0. The molecule has 2 aromatic heterocycles. The molecule has 2 aromatic rings. The zero-order chi connectivity index (χ0) is 18.0. The highest BCUT2D eigenvalue weighted by Gasteiger charge is 2.36. The van der Waals surface area contributed by atoms with E-state index in [2.05, 4.69) is 9.97 Å². The second-order valence-corrected chi connectivity index (χ2v) is 5.85. The van der Waals surface area contributed by atoms with Crippen LogP contribution in [0.1, 0.15) is 15.9 Å². The minimum Gasteiger partial charge on any atom is -0.353 e. The molecule has 1 saturated heterocycles. The van der Waals surface area contributed by atoms with E-state index < -0.39 is 11.7 Å². The van der Waals surface area contributed by atoms with Crippen LogP contribution in [-0.4, -0.2) is 47.0 Å². The first-order valence-electron chi connectivity index (χ1n) is 7.55. The molecule has 3 rings (SSSR count). The van der Waals surface area contributed by atoms with E-state index in [0.717, 1.165) is 6.07 Å². The van der Waals surface area contributed by atoms with Gasteiger partial charge in [-0.2, -0.15) is 13.2 Å². The molecule has 9 heteroatoms. The largest absolute Gasteiger partial charge is 0.419 e. The van der Waals surface area contributed by atoms with Crippen molar-refractivity contribution in [2.45, 2.75) is 6.18 Å². The lowest BCUT2D eigenvalue weighted by atomic mass is 10.2. The van der Waals surface area contributed by atoms with Gasteiger partial charge in [-0.15, -0.1) is 0 Å². The summed E-state index contributed by atoms with van der Waals surface area (Å²) in [5, 5.41) is 0.110. The zero-order valence-electron chi connectivity index (χ0n) is 13.0. The summed E-state index contributed by atoms with van der Waals surface area (Å²) < 4.78 is 39.4. The highest BCUT2D eigenvalue weighted by molar-refractivity contribution is 6.32. The number of carbonyl (C=O) groups is 1. The summed E-state index contributed by atoms with van der Waals surface area (Å²) in [5.41, 5.74) is -0.489. The summed E-state index contributed by atoms with van der Waals surface area (Å²) >= 11 is 5.93. The molecule has 1 amide bonds. The lowest BCUT2D eigenvalue weighted by molar-refractivity contribution is -0.137. The van der Waals surface area contributed by atoms with Crippen LogP contribution in [0.25, 0.3) is 0 Å². The van der Waals surface area contributed by atoms with Crippen molar-refractivity contribution in [3.8, 4) is 0 Å². The van der Waals surface area contributed by atoms with Crippen LogP contribution in [0.15, 0.2) is 36.7 Å².